The normalized spacial score (nSPS) is 23.5. The average Bonchev–Trinajstić information content (AvgIpc) is 2.99. The molecule has 80 valence electrons. The van der Waals surface area contributed by atoms with E-state index in [2.05, 4.69) is 0 Å². The van der Waals surface area contributed by atoms with Gasteiger partial charge < -0.3 is 10.5 Å². The van der Waals surface area contributed by atoms with Gasteiger partial charge in [-0.2, -0.15) is 0 Å². The van der Waals surface area contributed by atoms with Gasteiger partial charge in [0.1, 0.15) is 0 Å². The van der Waals surface area contributed by atoms with Crippen molar-refractivity contribution in [3.05, 3.63) is 29.8 Å². The molecule has 0 aromatic heterocycles. The number of rotatable bonds is 3. The summed E-state index contributed by atoms with van der Waals surface area (Å²) < 4.78 is 4.98. The number of ether oxygens (including phenoxy) is 1. The minimum Gasteiger partial charge on any atom is -0.466 e. The number of carbonyl (C=O) groups excluding carboxylic acids is 1. The smallest absolute Gasteiger partial charge is 0.309 e. The van der Waals surface area contributed by atoms with Gasteiger partial charge in [0, 0.05) is 5.69 Å². The number of anilines is 1. The molecule has 0 bridgehead atoms. The zero-order chi connectivity index (χ0) is 10.8. The van der Waals surface area contributed by atoms with E-state index in [-0.39, 0.29) is 11.9 Å². The van der Waals surface area contributed by atoms with Crippen LogP contribution in [0.3, 0.4) is 0 Å². The molecule has 1 fully saturated rings. The van der Waals surface area contributed by atoms with E-state index in [1.165, 1.54) is 5.56 Å². The van der Waals surface area contributed by atoms with Gasteiger partial charge in [-0.1, -0.05) is 12.1 Å². The molecule has 0 aliphatic heterocycles. The number of carbonyl (C=O) groups is 1. The Labute approximate surface area is 89.2 Å². The SMILES string of the molecule is CCOC(=O)[C@H]1C[C@@H]1c1ccc(N)cc1. The van der Waals surface area contributed by atoms with Crippen molar-refractivity contribution in [2.75, 3.05) is 12.3 Å². The molecule has 0 amide bonds. The van der Waals surface area contributed by atoms with Crippen molar-refractivity contribution in [3.63, 3.8) is 0 Å². The van der Waals surface area contributed by atoms with Crippen LogP contribution >= 0.6 is 0 Å². The van der Waals surface area contributed by atoms with Crippen LogP contribution in [0.15, 0.2) is 24.3 Å². The molecule has 3 heteroatoms. The van der Waals surface area contributed by atoms with Gasteiger partial charge in [0.25, 0.3) is 0 Å². The first-order valence-corrected chi connectivity index (χ1v) is 5.24. The third kappa shape index (κ3) is 2.12. The highest BCUT2D eigenvalue weighted by molar-refractivity contribution is 5.77. The lowest BCUT2D eigenvalue weighted by molar-refractivity contribution is -0.144. The molecule has 15 heavy (non-hydrogen) atoms. The zero-order valence-electron chi connectivity index (χ0n) is 8.77. The van der Waals surface area contributed by atoms with Gasteiger partial charge in [-0.3, -0.25) is 4.79 Å². The molecule has 0 spiro atoms. The van der Waals surface area contributed by atoms with Crippen molar-refractivity contribution in [1.29, 1.82) is 0 Å². The Morgan fingerprint density at radius 1 is 1.47 bits per heavy atom. The van der Waals surface area contributed by atoms with E-state index in [0.717, 1.165) is 12.1 Å². The summed E-state index contributed by atoms with van der Waals surface area (Å²) in [5, 5.41) is 0. The standard InChI is InChI=1S/C12H15NO2/c1-2-15-12(14)11-7-10(11)8-3-5-9(13)6-4-8/h3-6,10-11H,2,7,13H2,1H3/t10-,11+/m1/s1. The lowest BCUT2D eigenvalue weighted by Crippen LogP contribution is -2.07. The van der Waals surface area contributed by atoms with Gasteiger partial charge in [0.2, 0.25) is 0 Å². The Kier molecular flexibility index (Phi) is 2.62. The van der Waals surface area contributed by atoms with Crippen LogP contribution in [0.25, 0.3) is 0 Å². The summed E-state index contributed by atoms with van der Waals surface area (Å²) in [6, 6.07) is 7.71. The van der Waals surface area contributed by atoms with Crippen LogP contribution in [0.5, 0.6) is 0 Å². The van der Waals surface area contributed by atoms with Gasteiger partial charge >= 0.3 is 5.97 Å². The van der Waals surface area contributed by atoms with E-state index in [1.807, 2.05) is 31.2 Å². The van der Waals surface area contributed by atoms with Crippen LogP contribution in [0.2, 0.25) is 0 Å². The van der Waals surface area contributed by atoms with E-state index in [0.29, 0.717) is 12.5 Å². The van der Waals surface area contributed by atoms with Crippen LogP contribution < -0.4 is 5.73 Å². The van der Waals surface area contributed by atoms with Crippen molar-refractivity contribution in [1.82, 2.24) is 0 Å². The van der Waals surface area contributed by atoms with Crippen molar-refractivity contribution in [3.8, 4) is 0 Å². The topological polar surface area (TPSA) is 52.3 Å². The molecule has 2 N–H and O–H groups in total. The van der Waals surface area contributed by atoms with Crippen molar-refractivity contribution in [2.45, 2.75) is 19.3 Å². The van der Waals surface area contributed by atoms with Gasteiger partial charge in [-0.15, -0.1) is 0 Å². The molecule has 1 saturated carbocycles. The molecule has 2 rings (SSSR count). The van der Waals surface area contributed by atoms with E-state index >= 15 is 0 Å². The third-order valence-corrected chi connectivity index (χ3v) is 2.74. The summed E-state index contributed by atoms with van der Waals surface area (Å²) in [7, 11) is 0. The van der Waals surface area contributed by atoms with Gasteiger partial charge in [0.05, 0.1) is 12.5 Å². The molecular formula is C12H15NO2. The summed E-state index contributed by atoms with van der Waals surface area (Å²) in [4.78, 5) is 11.4. The van der Waals surface area contributed by atoms with Crippen molar-refractivity contribution in [2.24, 2.45) is 5.92 Å². The molecule has 2 atom stereocenters. The van der Waals surface area contributed by atoms with E-state index in [9.17, 15) is 4.79 Å². The molecule has 3 nitrogen and oxygen atoms in total. The van der Waals surface area contributed by atoms with Crippen molar-refractivity contribution < 1.29 is 9.53 Å². The summed E-state index contributed by atoms with van der Waals surface area (Å²) in [6.45, 7) is 2.29. The monoisotopic (exact) mass is 205 g/mol. The third-order valence-electron chi connectivity index (χ3n) is 2.74. The zero-order valence-corrected chi connectivity index (χ0v) is 8.77. The Hall–Kier alpha value is -1.51. The first-order chi connectivity index (χ1) is 7.22. The fourth-order valence-electron chi connectivity index (χ4n) is 1.82. The van der Waals surface area contributed by atoms with Crippen molar-refractivity contribution >= 4 is 11.7 Å². The van der Waals surface area contributed by atoms with E-state index in [1.54, 1.807) is 0 Å². The molecule has 1 aromatic carbocycles. The predicted octanol–water partition coefficient (Wildman–Crippen LogP) is 1.94. The summed E-state index contributed by atoms with van der Waals surface area (Å²) in [5.74, 6) is 0.331. The molecule has 0 radical (unpaired) electrons. The fourth-order valence-corrected chi connectivity index (χ4v) is 1.82. The Bertz CT molecular complexity index is 358. The maximum Gasteiger partial charge on any atom is 0.309 e. The number of esters is 1. The summed E-state index contributed by atoms with van der Waals surface area (Å²) in [6.07, 6.45) is 0.906. The first kappa shape index (κ1) is 10.0. The average molecular weight is 205 g/mol. The fraction of sp³-hybridized carbons (Fsp3) is 0.417. The largest absolute Gasteiger partial charge is 0.466 e. The van der Waals surface area contributed by atoms with Crippen LogP contribution in [0.1, 0.15) is 24.8 Å². The van der Waals surface area contributed by atoms with Crippen LogP contribution in [-0.4, -0.2) is 12.6 Å². The highest BCUT2D eigenvalue weighted by atomic mass is 16.5. The quantitative estimate of drug-likeness (QED) is 0.606. The predicted molar refractivity (Wildman–Crippen MR) is 58.3 cm³/mol. The van der Waals surface area contributed by atoms with Gasteiger partial charge in [0.15, 0.2) is 0 Å². The number of nitrogen functional groups attached to an aromatic ring is 1. The lowest BCUT2D eigenvalue weighted by atomic mass is 10.1. The minimum atomic E-state index is -0.0701. The second-order valence-corrected chi connectivity index (χ2v) is 3.87. The number of hydrogen-bond donors (Lipinski definition) is 1. The lowest BCUT2D eigenvalue weighted by Gasteiger charge is -2.01. The molecular weight excluding hydrogens is 190 g/mol. The molecule has 1 aromatic rings. The van der Waals surface area contributed by atoms with Crippen LogP contribution in [0, 0.1) is 5.92 Å². The second kappa shape index (κ2) is 3.93. The minimum absolute atomic E-state index is 0.0635. The maximum absolute atomic E-state index is 11.4. The molecule has 0 saturated heterocycles. The maximum atomic E-state index is 11.4. The molecule has 1 aliphatic carbocycles. The Balaban J connectivity index is 1.98. The highest BCUT2D eigenvalue weighted by Gasteiger charge is 2.44. The first-order valence-electron chi connectivity index (χ1n) is 5.24. The number of hydrogen-bond acceptors (Lipinski definition) is 3. The van der Waals surface area contributed by atoms with E-state index < -0.39 is 0 Å². The Morgan fingerprint density at radius 3 is 2.73 bits per heavy atom. The number of benzene rings is 1. The van der Waals surface area contributed by atoms with E-state index in [4.69, 9.17) is 10.5 Å². The van der Waals surface area contributed by atoms with Crippen LogP contribution in [-0.2, 0) is 9.53 Å². The summed E-state index contributed by atoms with van der Waals surface area (Å²) in [5.41, 5.74) is 7.54. The van der Waals surface area contributed by atoms with Crippen LogP contribution in [0.4, 0.5) is 5.69 Å². The van der Waals surface area contributed by atoms with Gasteiger partial charge in [-0.25, -0.2) is 0 Å². The van der Waals surface area contributed by atoms with Gasteiger partial charge in [-0.05, 0) is 37.0 Å². The second-order valence-electron chi connectivity index (χ2n) is 3.87. The molecule has 0 unspecified atom stereocenters. The summed E-state index contributed by atoms with van der Waals surface area (Å²) >= 11 is 0. The number of nitrogens with two attached hydrogens (primary N) is 1. The highest BCUT2D eigenvalue weighted by Crippen LogP contribution is 2.48. The molecule has 1 aliphatic rings. The molecule has 0 heterocycles. The Morgan fingerprint density at radius 2 is 2.13 bits per heavy atom.